The van der Waals surface area contributed by atoms with E-state index in [2.05, 4.69) is 20.7 Å². The van der Waals surface area contributed by atoms with Crippen LogP contribution in [0.15, 0.2) is 65.9 Å². The molecule has 1 heterocycles. The number of halogens is 3. The molecule has 0 saturated heterocycles. The van der Waals surface area contributed by atoms with Gasteiger partial charge in [-0.3, -0.25) is 9.89 Å². The van der Waals surface area contributed by atoms with Crippen molar-refractivity contribution in [1.82, 2.24) is 15.6 Å². The fraction of sp³-hybridized carbons (Fsp3) is 0.0556. The topological polar surface area (TPSA) is 70.1 Å². The number of aromatic amines is 1. The van der Waals surface area contributed by atoms with Crippen LogP contribution in [-0.2, 0) is 6.18 Å². The van der Waals surface area contributed by atoms with Gasteiger partial charge in [-0.15, -0.1) is 0 Å². The number of carbonyl (C=O) groups excluding carboxylic acids is 1. The summed E-state index contributed by atoms with van der Waals surface area (Å²) in [6.45, 7) is 0. The van der Waals surface area contributed by atoms with E-state index in [1.54, 1.807) is 6.20 Å². The van der Waals surface area contributed by atoms with E-state index in [1.165, 1.54) is 6.21 Å². The number of hydrogen-bond acceptors (Lipinski definition) is 3. The van der Waals surface area contributed by atoms with Crippen LogP contribution in [0.5, 0.6) is 0 Å². The lowest BCUT2D eigenvalue weighted by Crippen LogP contribution is -2.18. The van der Waals surface area contributed by atoms with E-state index in [0.717, 1.165) is 35.5 Å². The summed E-state index contributed by atoms with van der Waals surface area (Å²) < 4.78 is 37.6. The normalized spacial score (nSPS) is 11.7. The molecule has 0 aliphatic heterocycles. The summed E-state index contributed by atoms with van der Waals surface area (Å²) in [6, 6.07) is 13.3. The van der Waals surface area contributed by atoms with Crippen LogP contribution in [0.3, 0.4) is 0 Å². The van der Waals surface area contributed by atoms with E-state index in [0.29, 0.717) is 5.56 Å². The molecule has 8 heteroatoms. The van der Waals surface area contributed by atoms with Gasteiger partial charge in [-0.05, 0) is 24.3 Å². The molecule has 3 aromatic rings. The lowest BCUT2D eigenvalue weighted by atomic mass is 10.1. The molecule has 1 amide bonds. The molecule has 0 aliphatic carbocycles. The number of nitrogens with one attached hydrogen (secondary N) is 2. The second-order valence-corrected chi connectivity index (χ2v) is 5.34. The maximum atomic E-state index is 12.5. The molecule has 0 unspecified atom stereocenters. The molecule has 0 fully saturated rings. The van der Waals surface area contributed by atoms with E-state index in [1.807, 2.05) is 30.3 Å². The molecule has 0 radical (unpaired) electrons. The summed E-state index contributed by atoms with van der Waals surface area (Å²) in [5.74, 6) is -0.611. The Morgan fingerprint density at radius 3 is 2.42 bits per heavy atom. The van der Waals surface area contributed by atoms with Crippen molar-refractivity contribution in [3.05, 3.63) is 77.5 Å². The van der Waals surface area contributed by atoms with Crippen LogP contribution in [-0.4, -0.2) is 22.3 Å². The van der Waals surface area contributed by atoms with Gasteiger partial charge >= 0.3 is 6.18 Å². The third-order valence-corrected chi connectivity index (χ3v) is 3.58. The number of nitrogens with zero attached hydrogens (tertiary/aromatic N) is 2. The fourth-order valence-corrected chi connectivity index (χ4v) is 2.26. The van der Waals surface area contributed by atoms with Crippen LogP contribution in [0.4, 0.5) is 13.2 Å². The van der Waals surface area contributed by atoms with Gasteiger partial charge in [0.2, 0.25) is 0 Å². The first kappa shape index (κ1) is 17.4. The Labute approximate surface area is 146 Å². The molecule has 5 nitrogen and oxygen atoms in total. The van der Waals surface area contributed by atoms with Crippen LogP contribution < -0.4 is 5.43 Å². The summed E-state index contributed by atoms with van der Waals surface area (Å²) >= 11 is 0. The number of amides is 1. The first-order valence-electron chi connectivity index (χ1n) is 7.54. The van der Waals surface area contributed by atoms with Gasteiger partial charge < -0.3 is 0 Å². The van der Waals surface area contributed by atoms with Crippen LogP contribution in [0.1, 0.15) is 21.5 Å². The quantitative estimate of drug-likeness (QED) is 0.549. The van der Waals surface area contributed by atoms with Gasteiger partial charge in [-0.25, -0.2) is 5.43 Å². The summed E-state index contributed by atoms with van der Waals surface area (Å²) in [5, 5.41) is 10.6. The Hall–Kier alpha value is -3.42. The first-order chi connectivity index (χ1) is 12.4. The largest absolute Gasteiger partial charge is 0.416 e. The summed E-state index contributed by atoms with van der Waals surface area (Å²) in [6.07, 6.45) is -1.48. The predicted molar refractivity (Wildman–Crippen MR) is 90.5 cm³/mol. The van der Waals surface area contributed by atoms with Crippen LogP contribution in [0.25, 0.3) is 11.3 Å². The smallest absolute Gasteiger partial charge is 0.277 e. The summed E-state index contributed by atoms with van der Waals surface area (Å²) in [4.78, 5) is 12.0. The zero-order valence-corrected chi connectivity index (χ0v) is 13.3. The maximum Gasteiger partial charge on any atom is 0.416 e. The van der Waals surface area contributed by atoms with E-state index in [4.69, 9.17) is 0 Å². The predicted octanol–water partition coefficient (Wildman–Crippen LogP) is 3.86. The third-order valence-electron chi connectivity index (χ3n) is 3.58. The highest BCUT2D eigenvalue weighted by atomic mass is 19.4. The Morgan fingerprint density at radius 2 is 1.77 bits per heavy atom. The second kappa shape index (κ2) is 7.22. The van der Waals surface area contributed by atoms with Crippen LogP contribution >= 0.6 is 0 Å². The summed E-state index contributed by atoms with van der Waals surface area (Å²) in [7, 11) is 0. The molecule has 132 valence electrons. The monoisotopic (exact) mass is 358 g/mol. The molecular weight excluding hydrogens is 345 g/mol. The summed E-state index contributed by atoms with van der Waals surface area (Å²) in [5.41, 5.74) is 3.83. The van der Waals surface area contributed by atoms with Crippen molar-refractivity contribution < 1.29 is 18.0 Å². The van der Waals surface area contributed by atoms with Crippen molar-refractivity contribution >= 4 is 12.1 Å². The minimum absolute atomic E-state index is 0.0747. The average molecular weight is 358 g/mol. The van der Waals surface area contributed by atoms with Gasteiger partial charge in [0.05, 0.1) is 23.7 Å². The number of H-pyrrole nitrogens is 1. The second-order valence-electron chi connectivity index (χ2n) is 5.34. The van der Waals surface area contributed by atoms with E-state index < -0.39 is 17.6 Å². The molecule has 3 rings (SSSR count). The SMILES string of the molecule is O=C(NN=Cc1cn[nH]c1-c1ccccc1)c1ccc(C(F)(F)F)cc1. The standard InChI is InChI=1S/C18H13F3N4O/c19-18(20,21)15-8-6-13(7-9-15)17(26)25-23-11-14-10-22-24-16(14)12-4-2-1-3-5-12/h1-11H,(H,22,24)(H,25,26). The Bertz CT molecular complexity index is 916. The third kappa shape index (κ3) is 3.97. The highest BCUT2D eigenvalue weighted by Gasteiger charge is 2.30. The lowest BCUT2D eigenvalue weighted by Gasteiger charge is -2.06. The molecule has 2 N–H and O–H groups in total. The molecular formula is C18H13F3N4O. The Balaban J connectivity index is 1.68. The zero-order chi connectivity index (χ0) is 18.6. The lowest BCUT2D eigenvalue weighted by molar-refractivity contribution is -0.137. The van der Waals surface area contributed by atoms with Gasteiger partial charge in [0.15, 0.2) is 0 Å². The first-order valence-corrected chi connectivity index (χ1v) is 7.54. The number of rotatable bonds is 4. The van der Waals surface area contributed by atoms with Crippen molar-refractivity contribution in [3.8, 4) is 11.3 Å². The van der Waals surface area contributed by atoms with E-state index in [9.17, 15) is 18.0 Å². The van der Waals surface area contributed by atoms with Crippen molar-refractivity contribution in [3.63, 3.8) is 0 Å². The molecule has 0 aliphatic rings. The highest BCUT2D eigenvalue weighted by Crippen LogP contribution is 2.29. The molecule has 26 heavy (non-hydrogen) atoms. The number of hydrazone groups is 1. The number of carbonyl (C=O) groups is 1. The minimum atomic E-state index is -4.44. The molecule has 0 bridgehead atoms. The van der Waals surface area contributed by atoms with Crippen LogP contribution in [0, 0.1) is 0 Å². The van der Waals surface area contributed by atoms with Crippen molar-refractivity contribution in [2.24, 2.45) is 5.10 Å². The minimum Gasteiger partial charge on any atom is -0.277 e. The van der Waals surface area contributed by atoms with Crippen molar-refractivity contribution in [2.45, 2.75) is 6.18 Å². The van der Waals surface area contributed by atoms with Gasteiger partial charge in [-0.1, -0.05) is 30.3 Å². The molecule has 0 atom stereocenters. The Kier molecular flexibility index (Phi) is 4.83. The van der Waals surface area contributed by atoms with Crippen LogP contribution in [0.2, 0.25) is 0 Å². The molecule has 1 aromatic heterocycles. The molecule has 0 spiro atoms. The van der Waals surface area contributed by atoms with Gasteiger partial charge in [-0.2, -0.15) is 23.4 Å². The molecule has 0 saturated carbocycles. The highest BCUT2D eigenvalue weighted by molar-refractivity contribution is 5.95. The van der Waals surface area contributed by atoms with E-state index >= 15 is 0 Å². The van der Waals surface area contributed by atoms with Gasteiger partial charge in [0.25, 0.3) is 5.91 Å². The average Bonchev–Trinajstić information content (AvgIpc) is 3.10. The van der Waals surface area contributed by atoms with Gasteiger partial charge in [0, 0.05) is 16.7 Å². The number of alkyl halides is 3. The molecule has 2 aromatic carbocycles. The van der Waals surface area contributed by atoms with Gasteiger partial charge in [0.1, 0.15) is 0 Å². The number of hydrogen-bond donors (Lipinski definition) is 2. The van der Waals surface area contributed by atoms with Crippen molar-refractivity contribution in [1.29, 1.82) is 0 Å². The number of benzene rings is 2. The zero-order valence-electron chi connectivity index (χ0n) is 13.3. The Morgan fingerprint density at radius 1 is 1.08 bits per heavy atom. The number of aromatic nitrogens is 2. The van der Waals surface area contributed by atoms with Crippen molar-refractivity contribution in [2.75, 3.05) is 0 Å². The fourth-order valence-electron chi connectivity index (χ4n) is 2.26. The maximum absolute atomic E-state index is 12.5. The van der Waals surface area contributed by atoms with E-state index in [-0.39, 0.29) is 5.56 Å².